The standard InChI is InChI=1S/C13H19FN2O/c1-10-5-6-11(9-12(10)14)13(17)16-8-4-2-3-7-15/h5-6,9H,2-4,7-8,15H2,1H3,(H,16,17). The van der Waals surface area contributed by atoms with Gasteiger partial charge in [0.15, 0.2) is 0 Å². The van der Waals surface area contributed by atoms with Crippen LogP contribution in [-0.4, -0.2) is 19.0 Å². The van der Waals surface area contributed by atoms with Crippen molar-refractivity contribution in [3.8, 4) is 0 Å². The largest absolute Gasteiger partial charge is 0.352 e. The molecule has 94 valence electrons. The summed E-state index contributed by atoms with van der Waals surface area (Å²) in [5.74, 6) is -0.572. The summed E-state index contributed by atoms with van der Waals surface area (Å²) >= 11 is 0. The first kappa shape index (κ1) is 13.6. The summed E-state index contributed by atoms with van der Waals surface area (Å²) in [6, 6.07) is 4.51. The number of halogens is 1. The Hall–Kier alpha value is -1.42. The molecule has 0 fully saturated rings. The highest BCUT2D eigenvalue weighted by molar-refractivity contribution is 5.94. The molecule has 0 atom stereocenters. The van der Waals surface area contributed by atoms with Gasteiger partial charge in [-0.1, -0.05) is 12.5 Å². The molecule has 0 aliphatic heterocycles. The number of nitrogens with one attached hydrogen (secondary N) is 1. The number of rotatable bonds is 6. The van der Waals surface area contributed by atoms with Gasteiger partial charge in [0, 0.05) is 12.1 Å². The molecule has 3 N–H and O–H groups in total. The molecular weight excluding hydrogens is 219 g/mol. The van der Waals surface area contributed by atoms with E-state index in [-0.39, 0.29) is 11.7 Å². The third kappa shape index (κ3) is 4.53. The maximum atomic E-state index is 13.2. The first-order valence-corrected chi connectivity index (χ1v) is 5.89. The predicted octanol–water partition coefficient (Wildman–Crippen LogP) is 1.99. The monoisotopic (exact) mass is 238 g/mol. The van der Waals surface area contributed by atoms with Gasteiger partial charge in [-0.25, -0.2) is 4.39 Å². The second-order valence-corrected chi connectivity index (χ2v) is 4.07. The van der Waals surface area contributed by atoms with Crippen molar-refractivity contribution in [2.75, 3.05) is 13.1 Å². The minimum Gasteiger partial charge on any atom is -0.352 e. The van der Waals surface area contributed by atoms with Crippen molar-refractivity contribution in [2.24, 2.45) is 5.73 Å². The van der Waals surface area contributed by atoms with E-state index in [9.17, 15) is 9.18 Å². The Morgan fingerprint density at radius 1 is 1.35 bits per heavy atom. The van der Waals surface area contributed by atoms with Crippen LogP contribution in [0.4, 0.5) is 4.39 Å². The summed E-state index contributed by atoms with van der Waals surface area (Å²) in [5.41, 5.74) is 6.28. The van der Waals surface area contributed by atoms with Crippen LogP contribution in [-0.2, 0) is 0 Å². The number of amides is 1. The van der Waals surface area contributed by atoms with Gasteiger partial charge in [0.05, 0.1) is 0 Å². The lowest BCUT2D eigenvalue weighted by Gasteiger charge is -2.05. The summed E-state index contributed by atoms with van der Waals surface area (Å²) in [6.07, 6.45) is 2.87. The van der Waals surface area contributed by atoms with Gasteiger partial charge in [-0.15, -0.1) is 0 Å². The van der Waals surface area contributed by atoms with E-state index in [1.54, 1.807) is 19.1 Å². The second-order valence-electron chi connectivity index (χ2n) is 4.07. The fraction of sp³-hybridized carbons (Fsp3) is 0.462. The number of hydrogen-bond donors (Lipinski definition) is 2. The van der Waals surface area contributed by atoms with Gasteiger partial charge >= 0.3 is 0 Å². The Kier molecular flexibility index (Phi) is 5.63. The molecule has 0 aliphatic rings. The third-order valence-electron chi connectivity index (χ3n) is 2.60. The van der Waals surface area contributed by atoms with Crippen molar-refractivity contribution >= 4 is 5.91 Å². The molecule has 0 saturated carbocycles. The van der Waals surface area contributed by atoms with Crippen molar-refractivity contribution in [2.45, 2.75) is 26.2 Å². The molecule has 1 amide bonds. The molecule has 0 radical (unpaired) electrons. The zero-order chi connectivity index (χ0) is 12.7. The van der Waals surface area contributed by atoms with Crippen molar-refractivity contribution < 1.29 is 9.18 Å². The van der Waals surface area contributed by atoms with Crippen LogP contribution < -0.4 is 11.1 Å². The normalized spacial score (nSPS) is 10.3. The summed E-state index contributed by atoms with van der Waals surface area (Å²) in [4.78, 5) is 11.6. The molecule has 3 nitrogen and oxygen atoms in total. The van der Waals surface area contributed by atoms with Crippen LogP contribution in [0.2, 0.25) is 0 Å². The number of unbranched alkanes of at least 4 members (excludes halogenated alkanes) is 2. The van der Waals surface area contributed by atoms with E-state index in [1.165, 1.54) is 6.07 Å². The smallest absolute Gasteiger partial charge is 0.251 e. The Balaban J connectivity index is 2.39. The molecule has 1 aromatic rings. The number of hydrogen-bond acceptors (Lipinski definition) is 2. The zero-order valence-electron chi connectivity index (χ0n) is 10.1. The van der Waals surface area contributed by atoms with Crippen LogP contribution in [0.25, 0.3) is 0 Å². The lowest BCUT2D eigenvalue weighted by atomic mass is 10.1. The molecule has 0 heterocycles. The Morgan fingerprint density at radius 3 is 2.76 bits per heavy atom. The average Bonchev–Trinajstić information content (AvgIpc) is 2.32. The van der Waals surface area contributed by atoms with Gasteiger partial charge in [0.2, 0.25) is 0 Å². The molecule has 0 aliphatic carbocycles. The summed E-state index contributed by atoms with van der Waals surface area (Å²) in [7, 11) is 0. The first-order chi connectivity index (χ1) is 8.15. The SMILES string of the molecule is Cc1ccc(C(=O)NCCCCCN)cc1F. The molecule has 1 aromatic carbocycles. The zero-order valence-corrected chi connectivity index (χ0v) is 10.1. The van der Waals surface area contributed by atoms with Crippen LogP contribution in [0.15, 0.2) is 18.2 Å². The van der Waals surface area contributed by atoms with E-state index in [0.29, 0.717) is 24.2 Å². The molecule has 0 bridgehead atoms. The molecule has 1 rings (SSSR count). The maximum absolute atomic E-state index is 13.2. The van der Waals surface area contributed by atoms with Crippen LogP contribution in [0.5, 0.6) is 0 Å². The predicted molar refractivity (Wildman–Crippen MR) is 66.4 cm³/mol. The lowest BCUT2D eigenvalue weighted by Crippen LogP contribution is -2.24. The van der Waals surface area contributed by atoms with Crippen molar-refractivity contribution in [1.82, 2.24) is 5.32 Å². The fourth-order valence-corrected chi connectivity index (χ4v) is 1.48. The highest BCUT2D eigenvalue weighted by Gasteiger charge is 2.06. The minimum atomic E-state index is -0.346. The molecule has 0 unspecified atom stereocenters. The molecule has 17 heavy (non-hydrogen) atoms. The summed E-state index contributed by atoms with van der Waals surface area (Å²) < 4.78 is 13.2. The fourth-order valence-electron chi connectivity index (χ4n) is 1.48. The van der Waals surface area contributed by atoms with E-state index >= 15 is 0 Å². The van der Waals surface area contributed by atoms with E-state index in [0.717, 1.165) is 19.3 Å². The van der Waals surface area contributed by atoms with Crippen molar-refractivity contribution in [1.29, 1.82) is 0 Å². The average molecular weight is 238 g/mol. The van der Waals surface area contributed by atoms with Gasteiger partial charge in [0.25, 0.3) is 5.91 Å². The second kappa shape index (κ2) is 7.01. The van der Waals surface area contributed by atoms with Gasteiger partial charge in [-0.05, 0) is 44.0 Å². The highest BCUT2D eigenvalue weighted by atomic mass is 19.1. The number of carbonyl (C=O) groups is 1. The van der Waals surface area contributed by atoms with Crippen LogP contribution in [0.3, 0.4) is 0 Å². The summed E-state index contributed by atoms with van der Waals surface area (Å²) in [6.45, 7) is 2.95. The molecule has 0 aromatic heterocycles. The number of carbonyl (C=O) groups excluding carboxylic acids is 1. The van der Waals surface area contributed by atoms with E-state index in [1.807, 2.05) is 0 Å². The maximum Gasteiger partial charge on any atom is 0.251 e. The third-order valence-corrected chi connectivity index (χ3v) is 2.60. The Bertz CT molecular complexity index is 380. The van der Waals surface area contributed by atoms with Gasteiger partial charge in [-0.3, -0.25) is 4.79 Å². The van der Waals surface area contributed by atoms with Gasteiger partial charge in [0.1, 0.15) is 5.82 Å². The van der Waals surface area contributed by atoms with Gasteiger partial charge in [-0.2, -0.15) is 0 Å². The molecule has 4 heteroatoms. The first-order valence-electron chi connectivity index (χ1n) is 5.89. The van der Waals surface area contributed by atoms with E-state index in [4.69, 9.17) is 5.73 Å². The minimum absolute atomic E-state index is 0.225. The van der Waals surface area contributed by atoms with E-state index in [2.05, 4.69) is 5.32 Å². The molecular formula is C13H19FN2O. The van der Waals surface area contributed by atoms with E-state index < -0.39 is 0 Å². The molecule has 0 spiro atoms. The van der Waals surface area contributed by atoms with Crippen LogP contribution in [0, 0.1) is 12.7 Å². The number of benzene rings is 1. The van der Waals surface area contributed by atoms with Crippen LogP contribution in [0.1, 0.15) is 35.2 Å². The highest BCUT2D eigenvalue weighted by Crippen LogP contribution is 2.09. The van der Waals surface area contributed by atoms with Gasteiger partial charge < -0.3 is 11.1 Å². The lowest BCUT2D eigenvalue weighted by molar-refractivity contribution is 0.0952. The Labute approximate surface area is 101 Å². The topological polar surface area (TPSA) is 55.1 Å². The van der Waals surface area contributed by atoms with Crippen molar-refractivity contribution in [3.05, 3.63) is 35.1 Å². The number of nitrogens with two attached hydrogens (primary N) is 1. The summed E-state index contributed by atoms with van der Waals surface area (Å²) in [5, 5.41) is 2.76. The molecule has 0 saturated heterocycles. The Morgan fingerprint density at radius 2 is 2.12 bits per heavy atom. The van der Waals surface area contributed by atoms with Crippen molar-refractivity contribution in [3.63, 3.8) is 0 Å². The van der Waals surface area contributed by atoms with Crippen LogP contribution >= 0.6 is 0 Å². The number of aryl methyl sites for hydroxylation is 1. The quantitative estimate of drug-likeness (QED) is 0.745.